The second-order valence-corrected chi connectivity index (χ2v) is 12.1. The zero-order valence-electron chi connectivity index (χ0n) is 24.2. The summed E-state index contributed by atoms with van der Waals surface area (Å²) in [5.41, 5.74) is 10.0. The van der Waals surface area contributed by atoms with Gasteiger partial charge < -0.3 is 16.0 Å². The van der Waals surface area contributed by atoms with Crippen molar-refractivity contribution in [3.8, 4) is 11.4 Å². The number of likely N-dealkylation sites (tertiary alicyclic amines) is 1. The van der Waals surface area contributed by atoms with E-state index in [1.165, 1.54) is 38.5 Å². The number of amides is 3. The van der Waals surface area contributed by atoms with Crippen molar-refractivity contribution in [2.45, 2.75) is 39.0 Å². The molecular weight excluding hydrogens is 620 g/mol. The molecule has 2 unspecified atom stereocenters. The Morgan fingerprint density at radius 1 is 1.22 bits per heavy atom. The van der Waals surface area contributed by atoms with Crippen LogP contribution in [-0.4, -0.2) is 75.7 Å². The summed E-state index contributed by atoms with van der Waals surface area (Å²) in [6.07, 6.45) is 6.68. The minimum Gasteiger partial charge on any atom is -0.364 e. The second-order valence-electron chi connectivity index (χ2n) is 10.3. The number of nitrogens with two attached hydrogens (primary N) is 1. The molecule has 2 atom stereocenters. The van der Waals surface area contributed by atoms with E-state index in [-0.39, 0.29) is 25.2 Å². The highest BCUT2D eigenvalue weighted by Crippen LogP contribution is 2.31. The molecule has 0 saturated carbocycles. The van der Waals surface area contributed by atoms with Crippen LogP contribution in [0, 0.1) is 13.8 Å². The fourth-order valence-corrected chi connectivity index (χ4v) is 6.76. The van der Waals surface area contributed by atoms with Gasteiger partial charge in [-0.25, -0.2) is 14.4 Å². The fourth-order valence-electron chi connectivity index (χ4n) is 5.30. The number of allylic oxidation sites excluding steroid dienone is 2. The standard InChI is InChI=1S/C29H27FN10O3S2/c1-4-17(18-5-6-32-33-11-18)9-20-16(3)40(37-24(20)26(31)42)13-23(41)39-12-19(30)10-22(39)27(43)36-28-35-21(14-45-28)25-15(2)34-29-38(25)7-8-44-29/h4-9,11,14,19,22H,1,10,12-13H2,2-3H3,(H2,31,42)(H,35,36,43)/b17-9+. The van der Waals surface area contributed by atoms with Gasteiger partial charge in [-0.3, -0.25) is 23.5 Å². The number of nitrogens with one attached hydrogen (secondary N) is 1. The van der Waals surface area contributed by atoms with Gasteiger partial charge in [-0.05, 0) is 31.6 Å². The first kappa shape index (κ1) is 30.0. The molecule has 5 aromatic heterocycles. The van der Waals surface area contributed by atoms with Gasteiger partial charge in [0.05, 0.1) is 30.3 Å². The number of thiazole rings is 2. The molecule has 6 rings (SSSR count). The maximum absolute atomic E-state index is 14.7. The SMILES string of the molecule is C=C/C(=C\c1c(C(N)=O)nn(CC(=O)N2CC(F)CC2C(=O)Nc2nc(-c3c(C)nc4sccn34)cs2)c1C)c1ccnnc1. The van der Waals surface area contributed by atoms with Crippen LogP contribution < -0.4 is 11.1 Å². The van der Waals surface area contributed by atoms with E-state index in [1.54, 1.807) is 31.3 Å². The van der Waals surface area contributed by atoms with Gasteiger partial charge in [-0.1, -0.05) is 12.7 Å². The lowest BCUT2D eigenvalue weighted by Gasteiger charge is -2.23. The minimum atomic E-state index is -1.39. The van der Waals surface area contributed by atoms with Crippen LogP contribution in [0.1, 0.15) is 39.4 Å². The smallest absolute Gasteiger partial charge is 0.269 e. The lowest BCUT2D eigenvalue weighted by molar-refractivity contribution is -0.137. The van der Waals surface area contributed by atoms with E-state index in [9.17, 15) is 18.8 Å². The molecule has 5 aromatic rings. The molecule has 230 valence electrons. The summed E-state index contributed by atoms with van der Waals surface area (Å²) in [4.78, 5) is 50.3. The number of hydrogen-bond acceptors (Lipinski definition) is 10. The molecule has 45 heavy (non-hydrogen) atoms. The quantitative estimate of drug-likeness (QED) is 0.230. The van der Waals surface area contributed by atoms with Crippen LogP contribution in [0.3, 0.4) is 0 Å². The van der Waals surface area contributed by atoms with Crippen molar-refractivity contribution < 1.29 is 18.8 Å². The molecule has 6 heterocycles. The molecule has 1 saturated heterocycles. The van der Waals surface area contributed by atoms with Gasteiger partial charge in [0.1, 0.15) is 24.5 Å². The van der Waals surface area contributed by atoms with Gasteiger partial charge in [0.15, 0.2) is 15.8 Å². The van der Waals surface area contributed by atoms with Crippen molar-refractivity contribution in [1.29, 1.82) is 0 Å². The first-order chi connectivity index (χ1) is 21.6. The summed E-state index contributed by atoms with van der Waals surface area (Å²) in [6.45, 7) is 6.81. The van der Waals surface area contributed by atoms with E-state index in [4.69, 9.17) is 5.73 Å². The lowest BCUT2D eigenvalue weighted by Crippen LogP contribution is -2.44. The van der Waals surface area contributed by atoms with Crippen molar-refractivity contribution in [3.05, 3.63) is 76.3 Å². The average Bonchev–Trinajstić information content (AvgIpc) is 3.84. The van der Waals surface area contributed by atoms with Crippen LogP contribution in [-0.2, 0) is 16.1 Å². The third-order valence-electron chi connectivity index (χ3n) is 7.49. The van der Waals surface area contributed by atoms with E-state index >= 15 is 0 Å². The number of nitrogens with zero attached hydrogens (tertiary/aromatic N) is 8. The molecule has 0 aliphatic carbocycles. The number of fused-ring (bicyclic) bond motifs is 1. The van der Waals surface area contributed by atoms with E-state index in [1.807, 2.05) is 28.3 Å². The highest BCUT2D eigenvalue weighted by Gasteiger charge is 2.40. The molecule has 13 nitrogen and oxygen atoms in total. The van der Waals surface area contributed by atoms with Gasteiger partial charge in [0, 0.05) is 40.2 Å². The number of anilines is 1. The number of aryl methyl sites for hydroxylation is 1. The number of carbonyl (C=O) groups excluding carboxylic acids is 3. The first-order valence-corrected chi connectivity index (χ1v) is 15.5. The molecule has 1 aliphatic heterocycles. The van der Waals surface area contributed by atoms with Crippen molar-refractivity contribution in [2.75, 3.05) is 11.9 Å². The minimum absolute atomic E-state index is 0.0477. The molecule has 0 spiro atoms. The summed E-state index contributed by atoms with van der Waals surface area (Å²) in [5, 5.41) is 18.7. The molecule has 3 N–H and O–H groups in total. The molecule has 0 radical (unpaired) electrons. The number of carbonyl (C=O) groups is 3. The van der Waals surface area contributed by atoms with E-state index < -0.39 is 29.9 Å². The first-order valence-electron chi connectivity index (χ1n) is 13.8. The maximum atomic E-state index is 14.7. The topological polar surface area (TPSA) is 166 Å². The van der Waals surface area contributed by atoms with Crippen LogP contribution in [0.2, 0.25) is 0 Å². The van der Waals surface area contributed by atoms with E-state index in [0.29, 0.717) is 33.2 Å². The fraction of sp³-hybridized carbons (Fsp3) is 0.241. The number of alkyl halides is 1. The third-order valence-corrected chi connectivity index (χ3v) is 9.01. The lowest BCUT2D eigenvalue weighted by atomic mass is 10.0. The Morgan fingerprint density at radius 2 is 2.04 bits per heavy atom. The predicted octanol–water partition coefficient (Wildman–Crippen LogP) is 3.53. The van der Waals surface area contributed by atoms with E-state index in [0.717, 1.165) is 16.3 Å². The summed E-state index contributed by atoms with van der Waals surface area (Å²) >= 11 is 2.73. The monoisotopic (exact) mass is 646 g/mol. The highest BCUT2D eigenvalue weighted by molar-refractivity contribution is 7.15. The van der Waals surface area contributed by atoms with Crippen LogP contribution in [0.4, 0.5) is 9.52 Å². The zero-order valence-corrected chi connectivity index (χ0v) is 25.8. The molecule has 1 fully saturated rings. The number of aromatic nitrogens is 7. The van der Waals surface area contributed by atoms with Gasteiger partial charge in [-0.2, -0.15) is 15.3 Å². The number of primary amides is 1. The summed E-state index contributed by atoms with van der Waals surface area (Å²) in [5.74, 6) is -1.87. The number of hydrogen-bond donors (Lipinski definition) is 2. The Labute approximate surface area is 263 Å². The highest BCUT2D eigenvalue weighted by atomic mass is 32.1. The predicted molar refractivity (Wildman–Crippen MR) is 168 cm³/mol. The number of imidazole rings is 1. The van der Waals surface area contributed by atoms with Crippen LogP contribution in [0.15, 0.2) is 48.1 Å². The zero-order chi connectivity index (χ0) is 31.8. The van der Waals surface area contributed by atoms with Crippen molar-refractivity contribution in [3.63, 3.8) is 0 Å². The Bertz CT molecular complexity index is 1980. The molecule has 0 bridgehead atoms. The van der Waals surface area contributed by atoms with Gasteiger partial charge in [0.25, 0.3) is 5.91 Å². The van der Waals surface area contributed by atoms with Crippen molar-refractivity contribution >= 4 is 62.1 Å². The van der Waals surface area contributed by atoms with Crippen LogP contribution in [0.5, 0.6) is 0 Å². The van der Waals surface area contributed by atoms with Gasteiger partial charge in [0.2, 0.25) is 11.8 Å². The third kappa shape index (κ3) is 5.76. The Kier molecular flexibility index (Phi) is 8.07. The molecule has 1 aliphatic rings. The Morgan fingerprint density at radius 3 is 2.78 bits per heavy atom. The Balaban J connectivity index is 1.21. The van der Waals surface area contributed by atoms with Crippen LogP contribution >= 0.6 is 22.7 Å². The number of rotatable bonds is 9. The molecule has 16 heteroatoms. The van der Waals surface area contributed by atoms with Gasteiger partial charge >= 0.3 is 0 Å². The Hall–Kier alpha value is -5.09. The normalized spacial score (nSPS) is 16.8. The van der Waals surface area contributed by atoms with Crippen molar-refractivity contribution in [2.24, 2.45) is 5.73 Å². The largest absolute Gasteiger partial charge is 0.364 e. The molecule has 0 aromatic carbocycles. The maximum Gasteiger partial charge on any atom is 0.269 e. The molecule has 3 amide bonds. The number of halogens is 1. The molecular formula is C29H27FN10O3S2. The summed E-state index contributed by atoms with van der Waals surface area (Å²) in [6, 6.07) is 0.672. The van der Waals surface area contributed by atoms with Crippen LogP contribution in [0.25, 0.3) is 28.0 Å². The summed E-state index contributed by atoms with van der Waals surface area (Å²) in [7, 11) is 0. The average molecular weight is 647 g/mol. The summed E-state index contributed by atoms with van der Waals surface area (Å²) < 4.78 is 17.9. The van der Waals surface area contributed by atoms with Gasteiger partial charge in [-0.15, -0.1) is 22.7 Å². The van der Waals surface area contributed by atoms with E-state index in [2.05, 4.69) is 37.2 Å². The second kappa shape index (κ2) is 12.1. The van der Waals surface area contributed by atoms with Crippen molar-refractivity contribution in [1.82, 2.24) is 39.2 Å².